The first-order chi connectivity index (χ1) is 13.6. The van der Waals surface area contributed by atoms with Crippen LogP contribution < -0.4 is 14.8 Å². The SMILES string of the molecule is Cc1ccc2c(c1Oc1ccccc1Cl)NC(=NCc1ncccc1F)NS2. The molecule has 142 valence electrons. The molecule has 2 N–H and O–H groups in total. The van der Waals surface area contributed by atoms with Crippen LogP contribution >= 0.6 is 23.5 Å². The molecule has 3 aromatic rings. The van der Waals surface area contributed by atoms with Gasteiger partial charge in [0, 0.05) is 6.20 Å². The summed E-state index contributed by atoms with van der Waals surface area (Å²) < 4.78 is 23.0. The summed E-state index contributed by atoms with van der Waals surface area (Å²) in [6, 6.07) is 14.2. The highest BCUT2D eigenvalue weighted by Gasteiger charge is 2.21. The van der Waals surface area contributed by atoms with E-state index in [1.807, 2.05) is 37.3 Å². The van der Waals surface area contributed by atoms with Crippen LogP contribution in [0.15, 0.2) is 64.6 Å². The van der Waals surface area contributed by atoms with Gasteiger partial charge in [0.05, 0.1) is 22.2 Å². The number of anilines is 1. The van der Waals surface area contributed by atoms with Gasteiger partial charge in [0.2, 0.25) is 5.96 Å². The maximum Gasteiger partial charge on any atom is 0.206 e. The van der Waals surface area contributed by atoms with Crippen molar-refractivity contribution in [3.05, 3.63) is 76.8 Å². The Bertz CT molecular complexity index is 1060. The van der Waals surface area contributed by atoms with E-state index in [4.69, 9.17) is 16.3 Å². The average Bonchev–Trinajstić information content (AvgIpc) is 2.71. The summed E-state index contributed by atoms with van der Waals surface area (Å²) >= 11 is 7.64. The zero-order valence-corrected chi connectivity index (χ0v) is 16.4. The Labute approximate surface area is 171 Å². The van der Waals surface area contributed by atoms with Gasteiger partial charge in [-0.25, -0.2) is 9.38 Å². The minimum absolute atomic E-state index is 0.115. The van der Waals surface area contributed by atoms with Gasteiger partial charge in [0.1, 0.15) is 17.3 Å². The lowest BCUT2D eigenvalue weighted by atomic mass is 10.2. The number of aryl methyl sites for hydroxylation is 1. The number of guanidine groups is 1. The molecule has 2 aromatic carbocycles. The van der Waals surface area contributed by atoms with Crippen molar-refractivity contribution in [2.45, 2.75) is 18.4 Å². The molecule has 1 aliphatic rings. The molecule has 1 aliphatic heterocycles. The number of hydrogen-bond donors (Lipinski definition) is 2. The third-order valence-electron chi connectivity index (χ3n) is 4.09. The molecule has 4 rings (SSSR count). The van der Waals surface area contributed by atoms with Crippen molar-refractivity contribution in [2.75, 3.05) is 5.32 Å². The molecule has 0 bridgehead atoms. The van der Waals surface area contributed by atoms with Crippen molar-refractivity contribution >= 4 is 35.2 Å². The molecule has 0 fully saturated rings. The number of fused-ring (bicyclic) bond motifs is 1. The average molecular weight is 415 g/mol. The van der Waals surface area contributed by atoms with Crippen LogP contribution in [0.2, 0.25) is 5.02 Å². The number of halogens is 2. The lowest BCUT2D eigenvalue weighted by Crippen LogP contribution is -2.29. The van der Waals surface area contributed by atoms with E-state index in [2.05, 4.69) is 20.0 Å². The zero-order valence-electron chi connectivity index (χ0n) is 14.9. The molecule has 2 heterocycles. The number of aliphatic imine (C=N–C) groups is 1. The van der Waals surface area contributed by atoms with Gasteiger partial charge in [-0.2, -0.15) is 0 Å². The van der Waals surface area contributed by atoms with Crippen molar-refractivity contribution in [2.24, 2.45) is 4.99 Å². The smallest absolute Gasteiger partial charge is 0.206 e. The van der Waals surface area contributed by atoms with Crippen LogP contribution in [0.1, 0.15) is 11.3 Å². The lowest BCUT2D eigenvalue weighted by Gasteiger charge is -2.24. The van der Waals surface area contributed by atoms with Crippen molar-refractivity contribution < 1.29 is 9.13 Å². The van der Waals surface area contributed by atoms with Crippen molar-refractivity contribution in [3.63, 3.8) is 0 Å². The predicted octanol–water partition coefficient (Wildman–Crippen LogP) is 5.55. The van der Waals surface area contributed by atoms with Gasteiger partial charge in [-0.15, -0.1) is 0 Å². The highest BCUT2D eigenvalue weighted by atomic mass is 35.5. The first-order valence-corrected chi connectivity index (χ1v) is 9.71. The molecule has 8 heteroatoms. The Morgan fingerprint density at radius 3 is 2.86 bits per heavy atom. The molecule has 0 aliphatic carbocycles. The second-order valence-electron chi connectivity index (χ2n) is 6.04. The molecule has 0 radical (unpaired) electrons. The molecule has 0 atom stereocenters. The summed E-state index contributed by atoms with van der Waals surface area (Å²) in [4.78, 5) is 9.37. The minimum atomic E-state index is -0.380. The van der Waals surface area contributed by atoms with Gasteiger partial charge in [0.15, 0.2) is 5.75 Å². The summed E-state index contributed by atoms with van der Waals surface area (Å²) in [5.74, 6) is 1.35. The summed E-state index contributed by atoms with van der Waals surface area (Å²) in [5, 5.41) is 3.76. The Morgan fingerprint density at radius 2 is 2.04 bits per heavy atom. The van der Waals surface area contributed by atoms with E-state index in [-0.39, 0.29) is 18.1 Å². The molecule has 5 nitrogen and oxygen atoms in total. The molecule has 0 saturated carbocycles. The third kappa shape index (κ3) is 3.90. The minimum Gasteiger partial charge on any atom is -0.453 e. The van der Waals surface area contributed by atoms with Gasteiger partial charge in [-0.05, 0) is 54.8 Å². The molecular formula is C20H16ClFN4OS. The first kappa shape index (κ1) is 18.6. The fraction of sp³-hybridized carbons (Fsp3) is 0.100. The number of nitrogens with one attached hydrogen (secondary N) is 2. The molecule has 1 aromatic heterocycles. The van der Waals surface area contributed by atoms with Crippen molar-refractivity contribution in [3.8, 4) is 11.5 Å². The van der Waals surface area contributed by atoms with Gasteiger partial charge in [-0.1, -0.05) is 29.8 Å². The largest absolute Gasteiger partial charge is 0.453 e. The third-order valence-corrected chi connectivity index (χ3v) is 5.26. The summed E-state index contributed by atoms with van der Waals surface area (Å²) in [6.07, 6.45) is 1.54. The highest BCUT2D eigenvalue weighted by Crippen LogP contribution is 2.42. The van der Waals surface area contributed by atoms with Gasteiger partial charge in [-0.3, -0.25) is 9.71 Å². The molecule has 0 spiro atoms. The number of benzene rings is 2. The van der Waals surface area contributed by atoms with E-state index in [9.17, 15) is 4.39 Å². The van der Waals surface area contributed by atoms with Crippen LogP contribution in [-0.4, -0.2) is 10.9 Å². The predicted molar refractivity (Wildman–Crippen MR) is 111 cm³/mol. The standard InChI is InChI=1S/C20H16ClFN4OS/c1-12-8-9-17-18(19(12)27-16-7-3-2-5-13(16)21)25-20(26-28-17)24-11-15-14(22)6-4-10-23-15/h2-10H,11H2,1H3,(H2,24,25,26). The molecular weight excluding hydrogens is 399 g/mol. The Kier molecular flexibility index (Phi) is 5.36. The van der Waals surface area contributed by atoms with Gasteiger partial charge in [0.25, 0.3) is 0 Å². The molecule has 0 unspecified atom stereocenters. The van der Waals surface area contributed by atoms with E-state index in [0.29, 0.717) is 22.5 Å². The van der Waals surface area contributed by atoms with Crippen molar-refractivity contribution in [1.29, 1.82) is 0 Å². The van der Waals surface area contributed by atoms with E-state index in [1.54, 1.807) is 18.3 Å². The zero-order chi connectivity index (χ0) is 19.5. The number of pyridine rings is 1. The molecule has 28 heavy (non-hydrogen) atoms. The highest BCUT2D eigenvalue weighted by molar-refractivity contribution is 7.98. The Morgan fingerprint density at radius 1 is 1.18 bits per heavy atom. The topological polar surface area (TPSA) is 58.5 Å². The summed E-state index contributed by atoms with van der Waals surface area (Å²) in [7, 11) is 0. The Balaban J connectivity index is 1.62. The van der Waals surface area contributed by atoms with E-state index < -0.39 is 0 Å². The van der Waals surface area contributed by atoms with Gasteiger partial charge < -0.3 is 10.1 Å². The lowest BCUT2D eigenvalue weighted by molar-refractivity contribution is 0.480. The number of aromatic nitrogens is 1. The van der Waals surface area contributed by atoms with E-state index >= 15 is 0 Å². The molecule has 0 amide bonds. The second kappa shape index (κ2) is 8.08. The Hall–Kier alpha value is -2.77. The maximum atomic E-state index is 13.8. The number of hydrogen-bond acceptors (Lipinski definition) is 4. The van der Waals surface area contributed by atoms with Gasteiger partial charge >= 0.3 is 0 Å². The van der Waals surface area contributed by atoms with Crippen LogP contribution in [0.4, 0.5) is 10.1 Å². The van der Waals surface area contributed by atoms with Crippen LogP contribution in [0.25, 0.3) is 0 Å². The summed E-state index contributed by atoms with van der Waals surface area (Å²) in [5.41, 5.74) is 2.01. The second-order valence-corrected chi connectivity index (χ2v) is 7.30. The van der Waals surface area contributed by atoms with Crippen LogP contribution in [0, 0.1) is 12.7 Å². The van der Waals surface area contributed by atoms with E-state index in [1.165, 1.54) is 18.0 Å². The van der Waals surface area contributed by atoms with E-state index in [0.717, 1.165) is 16.1 Å². The van der Waals surface area contributed by atoms with Crippen molar-refractivity contribution in [1.82, 2.24) is 9.71 Å². The van der Waals surface area contributed by atoms with Crippen LogP contribution in [0.3, 0.4) is 0 Å². The molecule has 0 saturated heterocycles. The first-order valence-electron chi connectivity index (χ1n) is 8.51. The number of rotatable bonds is 4. The fourth-order valence-corrected chi connectivity index (χ4v) is 3.53. The monoisotopic (exact) mass is 414 g/mol. The number of para-hydroxylation sites is 1. The van der Waals surface area contributed by atoms with Crippen LogP contribution in [-0.2, 0) is 6.54 Å². The quantitative estimate of drug-likeness (QED) is 0.548. The maximum absolute atomic E-state index is 13.8. The number of nitrogens with zero attached hydrogens (tertiary/aromatic N) is 2. The summed E-state index contributed by atoms with van der Waals surface area (Å²) in [6.45, 7) is 2.07. The fourth-order valence-electron chi connectivity index (χ4n) is 2.65. The van der Waals surface area contributed by atoms with Crippen LogP contribution in [0.5, 0.6) is 11.5 Å². The normalized spacial score (nSPS) is 14.2. The number of ether oxygens (including phenoxy) is 1.